The first-order chi connectivity index (χ1) is 8.56. The molecule has 0 bridgehead atoms. The molecule has 0 aromatic heterocycles. The lowest BCUT2D eigenvalue weighted by Crippen LogP contribution is -2.24. The van der Waals surface area contributed by atoms with Crippen molar-refractivity contribution in [3.05, 3.63) is 29.3 Å². The summed E-state index contributed by atoms with van der Waals surface area (Å²) in [6.07, 6.45) is 2.15. The number of nitrogens with one attached hydrogen (secondary N) is 1. The maximum absolute atomic E-state index is 5.29. The summed E-state index contributed by atoms with van der Waals surface area (Å²) in [6, 6.07) is 6.44. The number of rotatable bonds is 6. The summed E-state index contributed by atoms with van der Waals surface area (Å²) < 4.78 is 10.5. The zero-order valence-electron chi connectivity index (χ0n) is 11.9. The second-order valence-electron chi connectivity index (χ2n) is 4.64. The summed E-state index contributed by atoms with van der Waals surface area (Å²) in [5.41, 5.74) is 2.41. The van der Waals surface area contributed by atoms with Crippen LogP contribution in [0.4, 0.5) is 0 Å². The highest BCUT2D eigenvalue weighted by Gasteiger charge is 2.03. The van der Waals surface area contributed by atoms with E-state index in [9.17, 15) is 0 Å². The lowest BCUT2D eigenvalue weighted by molar-refractivity contribution is 0.355. The molecule has 0 aliphatic carbocycles. The van der Waals surface area contributed by atoms with Gasteiger partial charge < -0.3 is 14.8 Å². The highest BCUT2D eigenvalue weighted by molar-refractivity contribution is 5.58. The Labute approximate surface area is 110 Å². The van der Waals surface area contributed by atoms with Crippen LogP contribution in [-0.2, 0) is 0 Å². The number of methoxy groups -OCH3 is 2. The van der Waals surface area contributed by atoms with Crippen molar-refractivity contribution in [3.8, 4) is 11.5 Å². The number of benzene rings is 1. The van der Waals surface area contributed by atoms with Gasteiger partial charge in [-0.05, 0) is 24.6 Å². The van der Waals surface area contributed by atoms with Gasteiger partial charge in [-0.25, -0.2) is 0 Å². The molecule has 0 atom stereocenters. The summed E-state index contributed by atoms with van der Waals surface area (Å²) in [5.74, 6) is 1.52. The van der Waals surface area contributed by atoms with Crippen molar-refractivity contribution in [2.45, 2.75) is 26.8 Å². The molecule has 0 aliphatic heterocycles. The van der Waals surface area contributed by atoms with E-state index in [1.807, 2.05) is 18.2 Å². The molecular formula is C15H23NO2. The first-order valence-corrected chi connectivity index (χ1v) is 6.19. The minimum atomic E-state index is 0.499. The maximum Gasteiger partial charge on any atom is 0.161 e. The zero-order chi connectivity index (χ0) is 13.5. The Bertz CT molecular complexity index is 411. The van der Waals surface area contributed by atoms with Crippen LogP contribution >= 0.6 is 0 Å². The molecule has 1 aromatic carbocycles. The molecule has 1 N–H and O–H groups in total. The number of ether oxygens (including phenoxy) is 2. The molecule has 0 amide bonds. The van der Waals surface area contributed by atoms with E-state index < -0.39 is 0 Å². The molecule has 0 aliphatic rings. The van der Waals surface area contributed by atoms with Gasteiger partial charge in [0.2, 0.25) is 0 Å². The summed E-state index contributed by atoms with van der Waals surface area (Å²) >= 11 is 0. The summed E-state index contributed by atoms with van der Waals surface area (Å²) in [5, 5.41) is 3.39. The van der Waals surface area contributed by atoms with E-state index in [1.165, 1.54) is 5.57 Å². The van der Waals surface area contributed by atoms with Crippen molar-refractivity contribution >= 4 is 6.08 Å². The van der Waals surface area contributed by atoms with E-state index in [0.717, 1.165) is 23.6 Å². The van der Waals surface area contributed by atoms with Crippen molar-refractivity contribution in [2.75, 3.05) is 20.8 Å². The quantitative estimate of drug-likeness (QED) is 0.840. The summed E-state index contributed by atoms with van der Waals surface area (Å²) in [6.45, 7) is 7.30. The van der Waals surface area contributed by atoms with Gasteiger partial charge in [0.15, 0.2) is 11.5 Å². The van der Waals surface area contributed by atoms with Crippen molar-refractivity contribution in [2.24, 2.45) is 0 Å². The first kappa shape index (κ1) is 14.6. The van der Waals surface area contributed by atoms with Crippen LogP contribution in [0.1, 0.15) is 26.3 Å². The van der Waals surface area contributed by atoms with Gasteiger partial charge in [-0.3, -0.25) is 0 Å². The van der Waals surface area contributed by atoms with E-state index in [0.29, 0.717) is 6.04 Å². The van der Waals surface area contributed by atoms with E-state index in [4.69, 9.17) is 9.47 Å². The normalized spacial score (nSPS) is 11.8. The van der Waals surface area contributed by atoms with Crippen molar-refractivity contribution < 1.29 is 9.47 Å². The third-order valence-electron chi connectivity index (χ3n) is 2.61. The summed E-state index contributed by atoms with van der Waals surface area (Å²) in [7, 11) is 3.30. The van der Waals surface area contributed by atoms with E-state index in [-0.39, 0.29) is 0 Å². The van der Waals surface area contributed by atoms with E-state index >= 15 is 0 Å². The predicted octanol–water partition coefficient (Wildman–Crippen LogP) is 3.11. The Morgan fingerprint density at radius 1 is 1.22 bits per heavy atom. The lowest BCUT2D eigenvalue weighted by Gasteiger charge is -2.10. The largest absolute Gasteiger partial charge is 0.493 e. The van der Waals surface area contributed by atoms with Crippen LogP contribution in [0.15, 0.2) is 23.8 Å². The van der Waals surface area contributed by atoms with Gasteiger partial charge >= 0.3 is 0 Å². The van der Waals surface area contributed by atoms with Crippen LogP contribution in [0.2, 0.25) is 0 Å². The Morgan fingerprint density at radius 3 is 2.44 bits per heavy atom. The smallest absolute Gasteiger partial charge is 0.161 e. The van der Waals surface area contributed by atoms with Crippen LogP contribution in [0, 0.1) is 0 Å². The van der Waals surface area contributed by atoms with Gasteiger partial charge in [-0.2, -0.15) is 0 Å². The van der Waals surface area contributed by atoms with Crippen LogP contribution < -0.4 is 14.8 Å². The van der Waals surface area contributed by atoms with Crippen molar-refractivity contribution in [1.82, 2.24) is 5.32 Å². The Hall–Kier alpha value is -1.48. The minimum absolute atomic E-state index is 0.499. The summed E-state index contributed by atoms with van der Waals surface area (Å²) in [4.78, 5) is 0. The molecule has 0 saturated heterocycles. The van der Waals surface area contributed by atoms with Crippen molar-refractivity contribution in [3.63, 3.8) is 0 Å². The Balaban J connectivity index is 2.80. The molecule has 0 saturated carbocycles. The fraction of sp³-hybridized carbons (Fsp3) is 0.467. The van der Waals surface area contributed by atoms with Gasteiger partial charge in [0.1, 0.15) is 0 Å². The topological polar surface area (TPSA) is 30.5 Å². The average Bonchev–Trinajstić information content (AvgIpc) is 2.36. The van der Waals surface area contributed by atoms with Crippen LogP contribution in [0.25, 0.3) is 6.08 Å². The molecule has 18 heavy (non-hydrogen) atoms. The zero-order valence-corrected chi connectivity index (χ0v) is 11.9. The van der Waals surface area contributed by atoms with Gasteiger partial charge in [-0.15, -0.1) is 0 Å². The molecule has 3 heteroatoms. The van der Waals surface area contributed by atoms with Crippen LogP contribution in [0.5, 0.6) is 11.5 Å². The highest BCUT2D eigenvalue weighted by atomic mass is 16.5. The minimum Gasteiger partial charge on any atom is -0.493 e. The Morgan fingerprint density at radius 2 is 1.89 bits per heavy atom. The first-order valence-electron chi connectivity index (χ1n) is 6.19. The second kappa shape index (κ2) is 7.07. The predicted molar refractivity (Wildman–Crippen MR) is 76.3 cm³/mol. The Kier molecular flexibility index (Phi) is 5.72. The van der Waals surface area contributed by atoms with Gasteiger partial charge in [-0.1, -0.05) is 31.6 Å². The fourth-order valence-electron chi connectivity index (χ4n) is 1.64. The second-order valence-corrected chi connectivity index (χ2v) is 4.64. The molecule has 100 valence electrons. The van der Waals surface area contributed by atoms with Crippen molar-refractivity contribution in [1.29, 1.82) is 0 Å². The molecule has 0 spiro atoms. The average molecular weight is 249 g/mol. The molecule has 0 heterocycles. The molecule has 1 aromatic rings. The maximum atomic E-state index is 5.29. The third kappa shape index (κ3) is 4.41. The van der Waals surface area contributed by atoms with Gasteiger partial charge in [0, 0.05) is 12.6 Å². The third-order valence-corrected chi connectivity index (χ3v) is 2.61. The van der Waals surface area contributed by atoms with Crippen LogP contribution in [0.3, 0.4) is 0 Å². The highest BCUT2D eigenvalue weighted by Crippen LogP contribution is 2.28. The standard InChI is InChI=1S/C15H23NO2/c1-11(2)16-10-12(3)8-13-6-7-14(17-4)15(9-13)18-5/h6-9,11,16H,10H2,1-5H3. The van der Waals surface area contributed by atoms with Gasteiger partial charge in [0.25, 0.3) is 0 Å². The number of hydrogen-bond donors (Lipinski definition) is 1. The molecular weight excluding hydrogens is 226 g/mol. The molecule has 3 nitrogen and oxygen atoms in total. The number of hydrogen-bond acceptors (Lipinski definition) is 3. The van der Waals surface area contributed by atoms with Gasteiger partial charge in [0.05, 0.1) is 14.2 Å². The fourth-order valence-corrected chi connectivity index (χ4v) is 1.64. The van der Waals surface area contributed by atoms with E-state index in [1.54, 1.807) is 14.2 Å². The molecule has 0 radical (unpaired) electrons. The SMILES string of the molecule is COc1ccc(C=C(C)CNC(C)C)cc1OC. The molecule has 1 rings (SSSR count). The van der Waals surface area contributed by atoms with E-state index in [2.05, 4.69) is 32.2 Å². The lowest BCUT2D eigenvalue weighted by atomic mass is 10.1. The monoisotopic (exact) mass is 249 g/mol. The van der Waals surface area contributed by atoms with Crippen LogP contribution in [-0.4, -0.2) is 26.8 Å². The molecule has 0 fully saturated rings. The molecule has 0 unspecified atom stereocenters.